The maximum atomic E-state index is 12.3. The number of aliphatic hydroxyl groups excluding tert-OH is 1. The van der Waals surface area contributed by atoms with Gasteiger partial charge in [-0.15, -0.1) is 0 Å². The van der Waals surface area contributed by atoms with Crippen LogP contribution in [0.3, 0.4) is 0 Å². The van der Waals surface area contributed by atoms with Crippen LogP contribution in [0.4, 0.5) is 5.88 Å². The van der Waals surface area contributed by atoms with Gasteiger partial charge in [-0.1, -0.05) is 29.1 Å². The van der Waals surface area contributed by atoms with Crippen LogP contribution in [0, 0.1) is 18.8 Å². The van der Waals surface area contributed by atoms with Crippen molar-refractivity contribution < 1.29 is 18.0 Å². The highest BCUT2D eigenvalue weighted by molar-refractivity contribution is 7.92. The van der Waals surface area contributed by atoms with Gasteiger partial charge in [0.25, 0.3) is 10.0 Å². The number of aliphatic hydroxyl groups is 1. The van der Waals surface area contributed by atoms with Crippen LogP contribution in [0.1, 0.15) is 17.7 Å². The summed E-state index contributed by atoms with van der Waals surface area (Å²) in [5.41, 5.74) is 0.929. The second-order valence-corrected chi connectivity index (χ2v) is 5.86. The zero-order chi connectivity index (χ0) is 15.3. The molecule has 0 aliphatic rings. The quantitative estimate of drug-likeness (QED) is 0.835. The van der Waals surface area contributed by atoms with Gasteiger partial charge in [0.1, 0.15) is 4.90 Å². The smallest absolute Gasteiger partial charge is 0.265 e. The topological polar surface area (TPSA) is 92.4 Å². The lowest BCUT2D eigenvalue weighted by molar-refractivity contribution is 0.305. The first-order valence-electron chi connectivity index (χ1n) is 6.18. The van der Waals surface area contributed by atoms with E-state index in [1.165, 1.54) is 12.1 Å². The lowest BCUT2D eigenvalue weighted by atomic mass is 10.2. The predicted octanol–water partition coefficient (Wildman–Crippen LogP) is 1.52. The molecule has 1 heterocycles. The molecule has 21 heavy (non-hydrogen) atoms. The number of aromatic nitrogens is 1. The minimum Gasteiger partial charge on any atom is -0.395 e. The molecule has 0 saturated carbocycles. The predicted molar refractivity (Wildman–Crippen MR) is 77.1 cm³/mol. The fourth-order valence-electron chi connectivity index (χ4n) is 1.62. The number of rotatable bonds is 4. The molecule has 0 bridgehead atoms. The second-order valence-electron chi connectivity index (χ2n) is 4.21. The summed E-state index contributed by atoms with van der Waals surface area (Å²) in [5.74, 6) is 5.49. The van der Waals surface area contributed by atoms with Crippen LogP contribution in [0.5, 0.6) is 0 Å². The average molecular weight is 306 g/mol. The number of sulfonamides is 1. The summed E-state index contributed by atoms with van der Waals surface area (Å²) in [6, 6.07) is 7.84. The summed E-state index contributed by atoms with van der Waals surface area (Å²) < 4.78 is 31.9. The molecule has 1 aromatic carbocycles. The Labute approximate surface area is 122 Å². The molecule has 0 unspecified atom stereocenters. The molecule has 0 amide bonds. The molecule has 0 fully saturated rings. The van der Waals surface area contributed by atoms with E-state index in [4.69, 9.17) is 9.63 Å². The van der Waals surface area contributed by atoms with Crippen molar-refractivity contribution in [1.29, 1.82) is 0 Å². The summed E-state index contributed by atoms with van der Waals surface area (Å²) >= 11 is 0. The number of aryl methyl sites for hydroxylation is 1. The first kappa shape index (κ1) is 15.1. The van der Waals surface area contributed by atoms with Crippen molar-refractivity contribution in [2.75, 3.05) is 11.3 Å². The molecule has 0 radical (unpaired) electrons. The van der Waals surface area contributed by atoms with Gasteiger partial charge >= 0.3 is 0 Å². The minimum atomic E-state index is -3.82. The van der Waals surface area contributed by atoms with Gasteiger partial charge in [-0.05, 0) is 19.1 Å². The second kappa shape index (κ2) is 6.43. The van der Waals surface area contributed by atoms with E-state index in [0.29, 0.717) is 11.3 Å². The van der Waals surface area contributed by atoms with E-state index < -0.39 is 10.0 Å². The monoisotopic (exact) mass is 306 g/mol. The van der Waals surface area contributed by atoms with E-state index in [0.717, 1.165) is 0 Å². The normalized spacial score (nSPS) is 10.8. The van der Waals surface area contributed by atoms with Crippen molar-refractivity contribution >= 4 is 15.9 Å². The fourth-order valence-corrected chi connectivity index (χ4v) is 2.75. The van der Waals surface area contributed by atoms with E-state index in [-0.39, 0.29) is 23.8 Å². The number of nitrogens with one attached hydrogen (secondary N) is 1. The highest BCUT2D eigenvalue weighted by Crippen LogP contribution is 2.19. The standard InChI is InChI=1S/C14H14N2O4S/c1-11-10-14(20-15-11)16-21(18,19)13-8-3-2-6-12(13)7-4-5-9-17/h2-3,6,8,10,16-17H,5,9H2,1H3. The van der Waals surface area contributed by atoms with Crippen molar-refractivity contribution in [3.63, 3.8) is 0 Å². The maximum Gasteiger partial charge on any atom is 0.265 e. The maximum absolute atomic E-state index is 12.3. The van der Waals surface area contributed by atoms with Crippen LogP contribution in [0.15, 0.2) is 39.8 Å². The number of hydrogen-bond acceptors (Lipinski definition) is 5. The molecule has 2 rings (SSSR count). The van der Waals surface area contributed by atoms with Crippen molar-refractivity contribution in [2.45, 2.75) is 18.2 Å². The molecule has 0 atom stereocenters. The van der Waals surface area contributed by atoms with Crippen LogP contribution in [-0.2, 0) is 10.0 Å². The van der Waals surface area contributed by atoms with Gasteiger partial charge in [-0.3, -0.25) is 0 Å². The molecule has 0 spiro atoms. The van der Waals surface area contributed by atoms with E-state index in [9.17, 15) is 8.42 Å². The number of benzene rings is 1. The van der Waals surface area contributed by atoms with Crippen LogP contribution < -0.4 is 4.72 Å². The third kappa shape index (κ3) is 3.84. The van der Waals surface area contributed by atoms with Crippen molar-refractivity contribution in [3.8, 4) is 11.8 Å². The Balaban J connectivity index is 2.34. The first-order valence-corrected chi connectivity index (χ1v) is 7.66. The van der Waals surface area contributed by atoms with Crippen molar-refractivity contribution in [2.24, 2.45) is 0 Å². The van der Waals surface area contributed by atoms with Crippen molar-refractivity contribution in [1.82, 2.24) is 5.16 Å². The summed E-state index contributed by atoms with van der Waals surface area (Å²) in [4.78, 5) is 0.0458. The van der Waals surface area contributed by atoms with E-state index in [1.807, 2.05) is 0 Å². The van der Waals surface area contributed by atoms with Gasteiger partial charge in [0.2, 0.25) is 5.88 Å². The molecule has 0 aliphatic heterocycles. The van der Waals surface area contributed by atoms with Gasteiger partial charge in [-0.25, -0.2) is 13.1 Å². The molecular weight excluding hydrogens is 292 g/mol. The Morgan fingerprint density at radius 2 is 2.14 bits per heavy atom. The molecule has 6 nitrogen and oxygen atoms in total. The number of hydrogen-bond donors (Lipinski definition) is 2. The summed E-state index contributed by atoms with van der Waals surface area (Å²) in [5, 5.41) is 12.3. The van der Waals surface area contributed by atoms with E-state index in [1.54, 1.807) is 25.1 Å². The fraction of sp³-hybridized carbons (Fsp3) is 0.214. The third-order valence-corrected chi connectivity index (χ3v) is 3.90. The minimum absolute atomic E-state index is 0.0458. The van der Waals surface area contributed by atoms with Crippen LogP contribution in [0.25, 0.3) is 0 Å². The number of anilines is 1. The Kier molecular flexibility index (Phi) is 4.62. The summed E-state index contributed by atoms with van der Waals surface area (Å²) in [6.45, 7) is 1.62. The molecule has 2 N–H and O–H groups in total. The van der Waals surface area contributed by atoms with Gasteiger partial charge in [0.15, 0.2) is 0 Å². The zero-order valence-corrected chi connectivity index (χ0v) is 12.1. The van der Waals surface area contributed by atoms with Gasteiger partial charge in [0.05, 0.1) is 12.3 Å². The zero-order valence-electron chi connectivity index (χ0n) is 11.3. The SMILES string of the molecule is Cc1cc(NS(=O)(=O)c2ccccc2C#CCCO)on1. The molecule has 0 aliphatic carbocycles. The van der Waals surface area contributed by atoms with Crippen LogP contribution in [-0.4, -0.2) is 25.3 Å². The van der Waals surface area contributed by atoms with Gasteiger partial charge in [-0.2, -0.15) is 0 Å². The van der Waals surface area contributed by atoms with E-state index >= 15 is 0 Å². The molecule has 110 valence electrons. The highest BCUT2D eigenvalue weighted by Gasteiger charge is 2.19. The van der Waals surface area contributed by atoms with Crippen molar-refractivity contribution in [3.05, 3.63) is 41.6 Å². The molecular formula is C14H14N2O4S. The molecule has 0 saturated heterocycles. The lowest BCUT2D eigenvalue weighted by Crippen LogP contribution is -2.13. The Bertz CT molecular complexity index is 785. The van der Waals surface area contributed by atoms with Crippen LogP contribution in [0.2, 0.25) is 0 Å². The van der Waals surface area contributed by atoms with Gasteiger partial charge < -0.3 is 9.63 Å². The lowest BCUT2D eigenvalue weighted by Gasteiger charge is -2.06. The molecule has 1 aromatic heterocycles. The van der Waals surface area contributed by atoms with Gasteiger partial charge in [0, 0.05) is 18.1 Å². The van der Waals surface area contributed by atoms with E-state index in [2.05, 4.69) is 21.7 Å². The Morgan fingerprint density at radius 1 is 1.38 bits per heavy atom. The molecule has 2 aromatic rings. The third-order valence-electron chi connectivity index (χ3n) is 2.50. The molecule has 7 heteroatoms. The average Bonchev–Trinajstić information content (AvgIpc) is 2.84. The summed E-state index contributed by atoms with van der Waals surface area (Å²) in [6.07, 6.45) is 0.281. The van der Waals surface area contributed by atoms with Crippen LogP contribution >= 0.6 is 0 Å². The summed E-state index contributed by atoms with van der Waals surface area (Å²) in [7, 11) is -3.82. The first-order chi connectivity index (χ1) is 10.0. The Morgan fingerprint density at radius 3 is 2.81 bits per heavy atom. The highest BCUT2D eigenvalue weighted by atomic mass is 32.2. The largest absolute Gasteiger partial charge is 0.395 e. The number of nitrogens with zero attached hydrogens (tertiary/aromatic N) is 1. The Hall–Kier alpha value is -2.30.